The summed E-state index contributed by atoms with van der Waals surface area (Å²) in [4.78, 5) is 13.6. The Morgan fingerprint density at radius 3 is 2.50 bits per heavy atom. The number of likely N-dealkylation sites (tertiary alicyclic amines) is 1. The molecule has 2 rings (SSSR count). The van der Waals surface area contributed by atoms with Crippen LogP contribution in [-0.2, 0) is 9.84 Å². The number of methoxy groups -OCH3 is 1. The SMILES string of the molecule is COc1ccc(NC(=O)N2CCC(S(C)(=O)=O)C2)cc1. The van der Waals surface area contributed by atoms with E-state index in [9.17, 15) is 13.2 Å². The normalized spacial score (nSPS) is 18.9. The van der Waals surface area contributed by atoms with E-state index in [2.05, 4.69) is 5.32 Å². The zero-order valence-corrected chi connectivity index (χ0v) is 12.3. The Bertz CT molecular complexity index is 583. The standard InChI is InChI=1S/C13H18N2O4S/c1-19-11-5-3-10(4-6-11)14-13(16)15-8-7-12(9-15)20(2,17)18/h3-6,12H,7-9H2,1-2H3,(H,14,16). The van der Waals surface area contributed by atoms with Crippen LogP contribution in [0.1, 0.15) is 6.42 Å². The highest BCUT2D eigenvalue weighted by atomic mass is 32.2. The van der Waals surface area contributed by atoms with Gasteiger partial charge in [0.25, 0.3) is 0 Å². The predicted octanol–water partition coefficient (Wildman–Crippen LogP) is 1.35. The first kappa shape index (κ1) is 14.6. The van der Waals surface area contributed by atoms with Gasteiger partial charge in [0.15, 0.2) is 9.84 Å². The number of rotatable bonds is 3. The van der Waals surface area contributed by atoms with E-state index in [0.29, 0.717) is 24.4 Å². The van der Waals surface area contributed by atoms with Gasteiger partial charge in [0.05, 0.1) is 12.4 Å². The van der Waals surface area contributed by atoms with Crippen LogP contribution < -0.4 is 10.1 Å². The molecule has 1 aromatic carbocycles. The fourth-order valence-corrected chi connectivity index (χ4v) is 3.12. The van der Waals surface area contributed by atoms with Gasteiger partial charge in [-0.3, -0.25) is 0 Å². The van der Waals surface area contributed by atoms with Crippen molar-refractivity contribution >= 4 is 21.6 Å². The monoisotopic (exact) mass is 298 g/mol. The van der Waals surface area contributed by atoms with E-state index >= 15 is 0 Å². The summed E-state index contributed by atoms with van der Waals surface area (Å²) in [5, 5.41) is 2.29. The Hall–Kier alpha value is -1.76. The average molecular weight is 298 g/mol. The minimum atomic E-state index is -3.09. The van der Waals surface area contributed by atoms with E-state index in [1.807, 2.05) is 0 Å². The van der Waals surface area contributed by atoms with Gasteiger partial charge in [0.2, 0.25) is 0 Å². The molecule has 110 valence electrons. The number of hydrogen-bond acceptors (Lipinski definition) is 4. The third-order valence-electron chi connectivity index (χ3n) is 3.38. The van der Waals surface area contributed by atoms with E-state index in [4.69, 9.17) is 4.74 Å². The number of carbonyl (C=O) groups excluding carboxylic acids is 1. The molecule has 7 heteroatoms. The topological polar surface area (TPSA) is 75.7 Å². The van der Waals surface area contributed by atoms with Gasteiger partial charge in [0.1, 0.15) is 5.75 Å². The van der Waals surface area contributed by atoms with Crippen molar-refractivity contribution in [3.05, 3.63) is 24.3 Å². The molecule has 1 saturated heterocycles. The van der Waals surface area contributed by atoms with Gasteiger partial charge in [-0.1, -0.05) is 0 Å². The van der Waals surface area contributed by atoms with Gasteiger partial charge in [0, 0.05) is 25.0 Å². The molecule has 1 fully saturated rings. The van der Waals surface area contributed by atoms with Crippen LogP contribution in [0.25, 0.3) is 0 Å². The number of ether oxygens (including phenoxy) is 1. The first-order chi connectivity index (χ1) is 9.40. The number of nitrogens with one attached hydrogen (secondary N) is 1. The molecule has 1 unspecified atom stereocenters. The van der Waals surface area contributed by atoms with E-state index < -0.39 is 15.1 Å². The second-order valence-corrected chi connectivity index (χ2v) is 7.17. The largest absolute Gasteiger partial charge is 0.497 e. The highest BCUT2D eigenvalue weighted by molar-refractivity contribution is 7.91. The maximum absolute atomic E-state index is 12.0. The molecule has 0 spiro atoms. The van der Waals surface area contributed by atoms with Crippen LogP contribution in [-0.4, -0.2) is 51.1 Å². The average Bonchev–Trinajstić information content (AvgIpc) is 2.89. The van der Waals surface area contributed by atoms with Crippen molar-refractivity contribution in [2.75, 3.05) is 31.8 Å². The van der Waals surface area contributed by atoms with Crippen molar-refractivity contribution in [3.63, 3.8) is 0 Å². The van der Waals surface area contributed by atoms with Crippen molar-refractivity contribution in [2.45, 2.75) is 11.7 Å². The number of carbonyl (C=O) groups is 1. The van der Waals surface area contributed by atoms with Crippen LogP contribution in [0.2, 0.25) is 0 Å². The summed E-state index contributed by atoms with van der Waals surface area (Å²) < 4.78 is 28.0. The van der Waals surface area contributed by atoms with Gasteiger partial charge >= 0.3 is 6.03 Å². The molecule has 1 heterocycles. The minimum absolute atomic E-state index is 0.251. The molecule has 1 atom stereocenters. The number of hydrogen-bond donors (Lipinski definition) is 1. The van der Waals surface area contributed by atoms with Gasteiger partial charge in [-0.2, -0.15) is 0 Å². The third kappa shape index (κ3) is 3.41. The maximum Gasteiger partial charge on any atom is 0.321 e. The van der Waals surface area contributed by atoms with Crippen molar-refractivity contribution in [2.24, 2.45) is 0 Å². The second-order valence-electron chi connectivity index (χ2n) is 4.84. The van der Waals surface area contributed by atoms with E-state index in [0.717, 1.165) is 0 Å². The molecule has 1 N–H and O–H groups in total. The molecular formula is C13H18N2O4S. The molecular weight excluding hydrogens is 280 g/mol. The van der Waals surface area contributed by atoms with E-state index in [1.54, 1.807) is 31.4 Å². The maximum atomic E-state index is 12.0. The minimum Gasteiger partial charge on any atom is -0.497 e. The highest BCUT2D eigenvalue weighted by Crippen LogP contribution is 2.19. The Labute approximate surface area is 118 Å². The van der Waals surface area contributed by atoms with Crippen molar-refractivity contribution in [1.29, 1.82) is 0 Å². The van der Waals surface area contributed by atoms with Gasteiger partial charge in [-0.25, -0.2) is 13.2 Å². The van der Waals surface area contributed by atoms with Crippen molar-refractivity contribution < 1.29 is 17.9 Å². The van der Waals surface area contributed by atoms with Crippen LogP contribution in [0.5, 0.6) is 5.75 Å². The smallest absolute Gasteiger partial charge is 0.321 e. The summed E-state index contributed by atoms with van der Waals surface area (Å²) in [6.07, 6.45) is 1.71. The Morgan fingerprint density at radius 2 is 2.00 bits per heavy atom. The zero-order chi connectivity index (χ0) is 14.8. The molecule has 1 aliphatic heterocycles. The molecule has 0 aliphatic carbocycles. The second kappa shape index (κ2) is 5.70. The highest BCUT2D eigenvalue weighted by Gasteiger charge is 2.32. The quantitative estimate of drug-likeness (QED) is 0.914. The molecule has 0 bridgehead atoms. The molecule has 1 aliphatic rings. The summed E-state index contributed by atoms with van der Waals surface area (Å²) in [5.74, 6) is 0.710. The summed E-state index contributed by atoms with van der Waals surface area (Å²) in [7, 11) is -1.52. The Kier molecular flexibility index (Phi) is 4.17. The van der Waals surface area contributed by atoms with Crippen LogP contribution in [0.3, 0.4) is 0 Å². The summed E-state index contributed by atoms with van der Waals surface area (Å²) in [6.45, 7) is 0.709. The van der Waals surface area contributed by atoms with Gasteiger partial charge in [-0.05, 0) is 30.7 Å². The number of sulfone groups is 1. The molecule has 20 heavy (non-hydrogen) atoms. The third-order valence-corrected chi connectivity index (χ3v) is 4.97. The molecule has 6 nitrogen and oxygen atoms in total. The first-order valence-electron chi connectivity index (χ1n) is 6.29. The molecule has 2 amide bonds. The van der Waals surface area contributed by atoms with Crippen molar-refractivity contribution in [1.82, 2.24) is 4.90 Å². The molecule has 0 aromatic heterocycles. The molecule has 0 saturated carbocycles. The lowest BCUT2D eigenvalue weighted by atomic mass is 10.3. The number of urea groups is 1. The lowest BCUT2D eigenvalue weighted by Gasteiger charge is -2.17. The zero-order valence-electron chi connectivity index (χ0n) is 11.5. The molecule has 1 aromatic rings. The Balaban J connectivity index is 1.95. The fourth-order valence-electron chi connectivity index (χ4n) is 2.14. The number of nitrogens with zero attached hydrogens (tertiary/aromatic N) is 1. The lowest BCUT2D eigenvalue weighted by Crippen LogP contribution is -2.34. The van der Waals surface area contributed by atoms with Crippen LogP contribution in [0.15, 0.2) is 24.3 Å². The van der Waals surface area contributed by atoms with Gasteiger partial charge in [-0.15, -0.1) is 0 Å². The first-order valence-corrected chi connectivity index (χ1v) is 8.24. The number of amides is 2. The Morgan fingerprint density at radius 1 is 1.35 bits per heavy atom. The van der Waals surface area contributed by atoms with E-state index in [1.165, 1.54) is 11.2 Å². The van der Waals surface area contributed by atoms with Crippen LogP contribution >= 0.6 is 0 Å². The summed E-state index contributed by atoms with van der Waals surface area (Å²) in [6, 6.07) is 6.70. The van der Waals surface area contributed by atoms with Crippen molar-refractivity contribution in [3.8, 4) is 5.75 Å². The number of anilines is 1. The molecule has 0 radical (unpaired) electrons. The predicted molar refractivity (Wildman–Crippen MR) is 76.8 cm³/mol. The summed E-state index contributed by atoms with van der Waals surface area (Å²) >= 11 is 0. The summed E-state index contributed by atoms with van der Waals surface area (Å²) in [5.41, 5.74) is 0.651. The fraction of sp³-hybridized carbons (Fsp3) is 0.462. The number of benzene rings is 1. The van der Waals surface area contributed by atoms with E-state index in [-0.39, 0.29) is 12.6 Å². The van der Waals surface area contributed by atoms with Crippen LogP contribution in [0, 0.1) is 0 Å². The lowest BCUT2D eigenvalue weighted by molar-refractivity contribution is 0.222. The van der Waals surface area contributed by atoms with Gasteiger partial charge < -0.3 is 15.0 Å². The van der Waals surface area contributed by atoms with Crippen LogP contribution in [0.4, 0.5) is 10.5 Å².